The van der Waals surface area contributed by atoms with Crippen molar-refractivity contribution in [3.8, 4) is 11.5 Å². The van der Waals surface area contributed by atoms with Crippen LogP contribution in [0.2, 0.25) is 0 Å². The quantitative estimate of drug-likeness (QED) is 0.157. The first-order valence-corrected chi connectivity index (χ1v) is 11.8. The molecule has 0 unspecified atom stereocenters. The summed E-state index contributed by atoms with van der Waals surface area (Å²) in [6.45, 7) is -0.750. The number of ether oxygens (including phenoxy) is 2. The summed E-state index contributed by atoms with van der Waals surface area (Å²) in [6.07, 6.45) is -2.05. The lowest BCUT2D eigenvalue weighted by Crippen LogP contribution is -2.28. The third kappa shape index (κ3) is 3.87. The summed E-state index contributed by atoms with van der Waals surface area (Å²) in [6, 6.07) is 7.59. The van der Waals surface area contributed by atoms with Gasteiger partial charge in [-0.25, -0.2) is 9.59 Å². The van der Waals surface area contributed by atoms with Crippen LogP contribution in [0.15, 0.2) is 39.6 Å². The summed E-state index contributed by atoms with van der Waals surface area (Å²) in [5, 5.41) is -4.46. The van der Waals surface area contributed by atoms with Gasteiger partial charge in [0.15, 0.2) is 16.1 Å². The Hall–Kier alpha value is -3.30. The zero-order chi connectivity index (χ0) is 24.2. The van der Waals surface area contributed by atoms with E-state index in [4.69, 9.17) is 22.6 Å². The van der Waals surface area contributed by atoms with E-state index in [0.717, 1.165) is 0 Å². The van der Waals surface area contributed by atoms with Gasteiger partial charge in [0.25, 0.3) is 0 Å². The van der Waals surface area contributed by atoms with Crippen LogP contribution in [0.1, 0.15) is 33.6 Å². The van der Waals surface area contributed by atoms with Crippen LogP contribution in [0, 0.1) is 0 Å². The molecule has 176 valence electrons. The molecule has 33 heavy (non-hydrogen) atoms. The van der Waals surface area contributed by atoms with E-state index >= 15 is 0 Å². The topological polar surface area (TPSA) is 163 Å². The fraction of sp³-hybridized carbons (Fsp3) is 0.222. The van der Waals surface area contributed by atoms with Crippen molar-refractivity contribution in [2.45, 2.75) is 23.0 Å². The molecule has 4 rings (SSSR count). The zero-order valence-electron chi connectivity index (χ0n) is 16.1. The summed E-state index contributed by atoms with van der Waals surface area (Å²) >= 11 is 0. The Labute approximate surface area is 184 Å². The van der Waals surface area contributed by atoms with Gasteiger partial charge in [-0.3, -0.25) is 4.55 Å². The number of benzene rings is 2. The average molecular weight is 506 g/mol. The van der Waals surface area contributed by atoms with Gasteiger partial charge in [-0.15, -0.1) is 0 Å². The molecule has 0 fully saturated rings. The molecular formula is C18H12F2O11S2. The molecule has 2 bridgehead atoms. The summed E-state index contributed by atoms with van der Waals surface area (Å²) in [4.78, 5) is 24.2. The van der Waals surface area contributed by atoms with Gasteiger partial charge in [0.1, 0.15) is 5.56 Å². The molecule has 0 saturated carbocycles. The number of hydrogen-bond donors (Lipinski definition) is 1. The van der Waals surface area contributed by atoms with Gasteiger partial charge >= 0.3 is 37.4 Å². The number of carbonyl (C=O) groups is 2. The van der Waals surface area contributed by atoms with Crippen molar-refractivity contribution in [2.24, 2.45) is 0 Å². The zero-order valence-corrected chi connectivity index (χ0v) is 17.7. The minimum Gasteiger partial charge on any atom is -0.462 e. The van der Waals surface area contributed by atoms with Crippen molar-refractivity contribution < 1.29 is 57.8 Å². The monoisotopic (exact) mass is 506 g/mol. The molecule has 0 amide bonds. The molecule has 1 aliphatic heterocycles. The molecule has 1 aliphatic rings. The van der Waals surface area contributed by atoms with Crippen molar-refractivity contribution in [3.05, 3.63) is 41.5 Å². The normalized spacial score (nSPS) is 14.9. The van der Waals surface area contributed by atoms with Crippen LogP contribution in [-0.4, -0.2) is 45.2 Å². The van der Waals surface area contributed by atoms with Crippen LogP contribution >= 0.6 is 0 Å². The van der Waals surface area contributed by atoms with E-state index in [0.29, 0.717) is 0 Å². The van der Waals surface area contributed by atoms with Crippen molar-refractivity contribution in [1.82, 2.24) is 0 Å². The molecule has 0 aliphatic carbocycles. The molecule has 3 heterocycles. The molecule has 0 spiro atoms. The lowest BCUT2D eigenvalue weighted by atomic mass is 10.2. The lowest BCUT2D eigenvalue weighted by molar-refractivity contribution is 0.0388. The minimum atomic E-state index is -5.65. The van der Waals surface area contributed by atoms with E-state index in [2.05, 4.69) is 0 Å². The second-order valence-electron chi connectivity index (χ2n) is 6.77. The van der Waals surface area contributed by atoms with Crippen LogP contribution < -0.4 is 8.92 Å². The van der Waals surface area contributed by atoms with E-state index in [1.165, 1.54) is 12.1 Å². The van der Waals surface area contributed by atoms with Gasteiger partial charge in [0, 0.05) is 6.42 Å². The van der Waals surface area contributed by atoms with Crippen LogP contribution in [0.25, 0.3) is 11.2 Å². The maximum absolute atomic E-state index is 13.2. The number of fused-ring (bicyclic) bond motifs is 1. The summed E-state index contributed by atoms with van der Waals surface area (Å²) in [7, 11) is -10.2. The van der Waals surface area contributed by atoms with E-state index < -0.39 is 84.4 Å². The summed E-state index contributed by atoms with van der Waals surface area (Å²) in [5.41, 5.74) is -1.41. The van der Waals surface area contributed by atoms with Crippen molar-refractivity contribution >= 4 is 43.3 Å². The smallest absolute Gasteiger partial charge is 0.370 e. The highest BCUT2D eigenvalue weighted by molar-refractivity contribution is 7.87. The molecular weight excluding hydrogens is 494 g/mol. The first-order valence-electron chi connectivity index (χ1n) is 8.99. The highest BCUT2D eigenvalue weighted by Crippen LogP contribution is 2.55. The molecule has 1 N–H and O–H groups in total. The Kier molecular flexibility index (Phi) is 5.29. The molecule has 0 radical (unpaired) electrons. The standard InChI is InChI=1S/C18H12F2O11S2/c19-18(20,33(25,26)27)7-4-8-28-17(22)10-11-12(30-16(21)9-5-2-1-3-6-9)13-14(29-11)15(10)32(23,24)31-13/h1-3,5-6H,4,7-8H2,(H,25,26,27). The molecule has 0 atom stereocenters. The molecule has 3 aromatic rings. The fourth-order valence-corrected chi connectivity index (χ4v) is 4.69. The number of rotatable bonds is 8. The third-order valence-corrected chi connectivity index (χ3v) is 6.79. The van der Waals surface area contributed by atoms with Crippen LogP contribution in [0.4, 0.5) is 8.78 Å². The third-order valence-electron chi connectivity index (χ3n) is 4.56. The van der Waals surface area contributed by atoms with Crippen LogP contribution in [0.3, 0.4) is 0 Å². The van der Waals surface area contributed by atoms with Gasteiger partial charge < -0.3 is 18.1 Å². The number of alkyl halides is 2. The highest BCUT2D eigenvalue weighted by Gasteiger charge is 2.48. The SMILES string of the molecule is O=C(Oc1c2c3oc1c(C(=O)OCCCC(F)(F)S(=O)(=O)O)c3S(=O)(=O)O2)c1ccccc1. The van der Waals surface area contributed by atoms with Crippen molar-refractivity contribution in [2.75, 3.05) is 6.61 Å². The molecule has 1 aromatic carbocycles. The van der Waals surface area contributed by atoms with E-state index in [9.17, 15) is 35.2 Å². The van der Waals surface area contributed by atoms with E-state index in [1.54, 1.807) is 18.2 Å². The number of halogens is 2. The highest BCUT2D eigenvalue weighted by atomic mass is 32.2. The second kappa shape index (κ2) is 7.64. The second-order valence-corrected chi connectivity index (χ2v) is 9.80. The maximum Gasteiger partial charge on any atom is 0.370 e. The maximum atomic E-state index is 13.2. The summed E-state index contributed by atoms with van der Waals surface area (Å²) in [5.74, 6) is -3.13. The number of furan rings is 2. The Bertz CT molecular complexity index is 1460. The summed E-state index contributed by atoms with van der Waals surface area (Å²) < 4.78 is 101. The Morgan fingerprint density at radius 2 is 1.76 bits per heavy atom. The Morgan fingerprint density at radius 3 is 2.39 bits per heavy atom. The van der Waals surface area contributed by atoms with E-state index in [-0.39, 0.29) is 11.1 Å². The minimum absolute atomic E-state index is 0.105. The largest absolute Gasteiger partial charge is 0.462 e. The van der Waals surface area contributed by atoms with Gasteiger partial charge in [-0.1, -0.05) is 18.2 Å². The van der Waals surface area contributed by atoms with Crippen LogP contribution in [0.5, 0.6) is 11.5 Å². The van der Waals surface area contributed by atoms with Crippen molar-refractivity contribution in [3.63, 3.8) is 0 Å². The number of carbonyl (C=O) groups excluding carboxylic acids is 2. The lowest BCUT2D eigenvalue weighted by Gasteiger charge is -2.12. The van der Waals surface area contributed by atoms with Crippen molar-refractivity contribution in [1.29, 1.82) is 0 Å². The fourth-order valence-electron chi connectivity index (χ4n) is 3.05. The van der Waals surface area contributed by atoms with Crippen LogP contribution in [-0.2, 0) is 25.0 Å². The Morgan fingerprint density at radius 1 is 1.09 bits per heavy atom. The van der Waals surface area contributed by atoms with E-state index in [1.807, 2.05) is 0 Å². The number of esters is 2. The first kappa shape index (κ1) is 22.9. The molecule has 2 aromatic heterocycles. The van der Waals surface area contributed by atoms with Gasteiger partial charge in [-0.2, -0.15) is 25.6 Å². The molecule has 0 saturated heterocycles. The predicted molar refractivity (Wildman–Crippen MR) is 103 cm³/mol. The van der Waals surface area contributed by atoms with Gasteiger partial charge in [-0.05, 0) is 18.6 Å². The number of hydrogen-bond acceptors (Lipinski definition) is 10. The molecule has 15 heteroatoms. The predicted octanol–water partition coefficient (Wildman–Crippen LogP) is 2.59. The van der Waals surface area contributed by atoms with Gasteiger partial charge in [0.05, 0.1) is 12.2 Å². The Balaban J connectivity index is 1.56. The van der Waals surface area contributed by atoms with Gasteiger partial charge in [0.2, 0.25) is 11.5 Å². The average Bonchev–Trinajstić information content (AvgIpc) is 3.33. The first-order chi connectivity index (χ1) is 15.3. The molecule has 11 nitrogen and oxygen atoms in total.